The van der Waals surface area contributed by atoms with Crippen LogP contribution in [-0.4, -0.2) is 23.7 Å². The molecule has 2 aromatic rings. The molecule has 0 saturated carbocycles. The average molecular weight is 350 g/mol. The van der Waals surface area contributed by atoms with Crippen LogP contribution in [0.3, 0.4) is 0 Å². The molecule has 3 rings (SSSR count). The molecule has 0 aromatic heterocycles. The summed E-state index contributed by atoms with van der Waals surface area (Å²) in [7, 11) is 0. The standard InChI is InChI=1S/C22H22O4/c1-2-3-8-15(22(24)25)13-21(23)26-14-20-18-11-6-4-9-16(18)17-10-5-7-12-19(17)20/h2,4-7,9-12,15,20H,1,3,8,13-14H2,(H,24,25)/t15-/m1/s1. The smallest absolute Gasteiger partial charge is 0.307 e. The zero-order chi connectivity index (χ0) is 18.5. The van der Waals surface area contributed by atoms with E-state index < -0.39 is 17.9 Å². The fraction of sp³-hybridized carbons (Fsp3) is 0.273. The SMILES string of the molecule is C=CCC[C@H](CC(=O)OCC1c2ccccc2-c2ccccc21)C(=O)O. The van der Waals surface area contributed by atoms with Crippen molar-refractivity contribution >= 4 is 11.9 Å². The highest BCUT2D eigenvalue weighted by Gasteiger charge is 2.29. The van der Waals surface area contributed by atoms with E-state index in [9.17, 15) is 14.7 Å². The van der Waals surface area contributed by atoms with Gasteiger partial charge in [-0.2, -0.15) is 0 Å². The third-order valence-corrected chi connectivity index (χ3v) is 4.86. The van der Waals surface area contributed by atoms with Crippen molar-refractivity contribution in [2.24, 2.45) is 5.92 Å². The summed E-state index contributed by atoms with van der Waals surface area (Å²) in [6.45, 7) is 3.82. The lowest BCUT2D eigenvalue weighted by molar-refractivity contribution is -0.151. The van der Waals surface area contributed by atoms with Crippen LogP contribution in [0.2, 0.25) is 0 Å². The van der Waals surface area contributed by atoms with Crippen LogP contribution in [0.4, 0.5) is 0 Å². The van der Waals surface area contributed by atoms with E-state index in [4.69, 9.17) is 4.74 Å². The first kappa shape index (κ1) is 17.9. The Morgan fingerprint density at radius 2 is 1.65 bits per heavy atom. The molecule has 0 heterocycles. The highest BCUT2D eigenvalue weighted by atomic mass is 16.5. The fourth-order valence-corrected chi connectivity index (χ4v) is 3.51. The van der Waals surface area contributed by atoms with Gasteiger partial charge in [0.2, 0.25) is 0 Å². The number of benzene rings is 2. The Morgan fingerprint density at radius 1 is 1.08 bits per heavy atom. The molecule has 1 atom stereocenters. The molecule has 1 N–H and O–H groups in total. The van der Waals surface area contributed by atoms with Gasteiger partial charge < -0.3 is 9.84 Å². The summed E-state index contributed by atoms with van der Waals surface area (Å²) >= 11 is 0. The summed E-state index contributed by atoms with van der Waals surface area (Å²) in [5.74, 6) is -2.19. The summed E-state index contributed by atoms with van der Waals surface area (Å²) in [5, 5.41) is 9.25. The summed E-state index contributed by atoms with van der Waals surface area (Å²) in [6, 6.07) is 16.2. The lowest BCUT2D eigenvalue weighted by Gasteiger charge is -2.15. The van der Waals surface area contributed by atoms with Crippen molar-refractivity contribution in [1.82, 2.24) is 0 Å². The molecule has 0 bridgehead atoms. The molecule has 4 heteroatoms. The number of aliphatic carboxylic acids is 1. The van der Waals surface area contributed by atoms with Crippen molar-refractivity contribution in [3.05, 3.63) is 72.3 Å². The molecule has 0 unspecified atom stereocenters. The Hall–Kier alpha value is -2.88. The van der Waals surface area contributed by atoms with E-state index in [-0.39, 0.29) is 18.9 Å². The normalized spacial score (nSPS) is 13.5. The maximum atomic E-state index is 12.2. The van der Waals surface area contributed by atoms with E-state index in [0.717, 1.165) is 11.1 Å². The highest BCUT2D eigenvalue weighted by molar-refractivity contribution is 5.80. The fourth-order valence-electron chi connectivity index (χ4n) is 3.51. The van der Waals surface area contributed by atoms with Gasteiger partial charge in [-0.3, -0.25) is 9.59 Å². The van der Waals surface area contributed by atoms with Gasteiger partial charge in [0.15, 0.2) is 0 Å². The molecular formula is C22H22O4. The molecule has 0 amide bonds. The predicted octanol–water partition coefficient (Wildman–Crippen LogP) is 4.40. The summed E-state index contributed by atoms with van der Waals surface area (Å²) < 4.78 is 5.47. The first-order valence-electron chi connectivity index (χ1n) is 8.79. The molecule has 1 aliphatic rings. The van der Waals surface area contributed by atoms with Crippen molar-refractivity contribution in [2.45, 2.75) is 25.2 Å². The number of rotatable bonds is 8. The lowest BCUT2D eigenvalue weighted by Crippen LogP contribution is -2.21. The Balaban J connectivity index is 1.69. The number of allylic oxidation sites excluding steroid dienone is 1. The third kappa shape index (κ3) is 3.69. The Kier molecular flexibility index (Phi) is 5.52. The molecule has 26 heavy (non-hydrogen) atoms. The van der Waals surface area contributed by atoms with Gasteiger partial charge in [-0.25, -0.2) is 0 Å². The molecule has 0 saturated heterocycles. The van der Waals surface area contributed by atoms with Crippen molar-refractivity contribution in [3.8, 4) is 11.1 Å². The van der Waals surface area contributed by atoms with Crippen LogP contribution >= 0.6 is 0 Å². The molecule has 4 nitrogen and oxygen atoms in total. The number of carboxylic acid groups (broad SMARTS) is 1. The second-order valence-electron chi connectivity index (χ2n) is 6.52. The van der Waals surface area contributed by atoms with E-state index in [2.05, 4.69) is 30.8 Å². The molecule has 2 aromatic carbocycles. The molecule has 0 aliphatic heterocycles. The van der Waals surface area contributed by atoms with Crippen LogP contribution in [-0.2, 0) is 14.3 Å². The van der Waals surface area contributed by atoms with Crippen LogP contribution in [0, 0.1) is 5.92 Å². The van der Waals surface area contributed by atoms with Crippen molar-refractivity contribution in [3.63, 3.8) is 0 Å². The zero-order valence-electron chi connectivity index (χ0n) is 14.6. The van der Waals surface area contributed by atoms with E-state index in [1.807, 2.05) is 24.3 Å². The van der Waals surface area contributed by atoms with Crippen LogP contribution < -0.4 is 0 Å². The second-order valence-corrected chi connectivity index (χ2v) is 6.52. The van der Waals surface area contributed by atoms with Crippen LogP contribution in [0.1, 0.15) is 36.3 Å². The monoisotopic (exact) mass is 350 g/mol. The Morgan fingerprint density at radius 3 is 2.19 bits per heavy atom. The van der Waals surface area contributed by atoms with Crippen LogP contribution in [0.5, 0.6) is 0 Å². The number of ether oxygens (including phenoxy) is 1. The average Bonchev–Trinajstić information content (AvgIpc) is 2.97. The summed E-state index contributed by atoms with van der Waals surface area (Å²) in [6.07, 6.45) is 2.50. The number of hydrogen-bond donors (Lipinski definition) is 1. The minimum atomic E-state index is -0.972. The first-order chi connectivity index (χ1) is 12.6. The zero-order valence-corrected chi connectivity index (χ0v) is 14.6. The van der Waals surface area contributed by atoms with Gasteiger partial charge in [-0.1, -0.05) is 54.6 Å². The number of hydrogen-bond acceptors (Lipinski definition) is 3. The maximum Gasteiger partial charge on any atom is 0.307 e. The number of carboxylic acids is 1. The second kappa shape index (κ2) is 8.00. The van der Waals surface area contributed by atoms with Gasteiger partial charge in [-0.15, -0.1) is 6.58 Å². The summed E-state index contributed by atoms with van der Waals surface area (Å²) in [5.41, 5.74) is 4.61. The van der Waals surface area contributed by atoms with Gasteiger partial charge in [0.05, 0.1) is 12.3 Å². The van der Waals surface area contributed by atoms with Crippen molar-refractivity contribution < 1.29 is 19.4 Å². The third-order valence-electron chi connectivity index (χ3n) is 4.86. The largest absolute Gasteiger partial charge is 0.481 e. The van der Waals surface area contributed by atoms with Gasteiger partial charge in [0.1, 0.15) is 6.61 Å². The summed E-state index contributed by atoms with van der Waals surface area (Å²) in [4.78, 5) is 23.5. The van der Waals surface area contributed by atoms with Crippen LogP contribution in [0.25, 0.3) is 11.1 Å². The van der Waals surface area contributed by atoms with E-state index in [1.54, 1.807) is 6.08 Å². The molecule has 0 spiro atoms. The first-order valence-corrected chi connectivity index (χ1v) is 8.79. The van der Waals surface area contributed by atoms with E-state index in [0.29, 0.717) is 12.8 Å². The van der Waals surface area contributed by atoms with E-state index >= 15 is 0 Å². The molecule has 134 valence electrons. The number of esters is 1. The van der Waals surface area contributed by atoms with Gasteiger partial charge in [0.25, 0.3) is 0 Å². The number of carbonyl (C=O) groups excluding carboxylic acids is 1. The van der Waals surface area contributed by atoms with Gasteiger partial charge in [0, 0.05) is 5.92 Å². The highest BCUT2D eigenvalue weighted by Crippen LogP contribution is 2.44. The van der Waals surface area contributed by atoms with Crippen molar-refractivity contribution in [2.75, 3.05) is 6.61 Å². The van der Waals surface area contributed by atoms with Gasteiger partial charge >= 0.3 is 11.9 Å². The molecule has 0 radical (unpaired) electrons. The topological polar surface area (TPSA) is 63.6 Å². The predicted molar refractivity (Wildman–Crippen MR) is 99.9 cm³/mol. The Bertz CT molecular complexity index is 779. The van der Waals surface area contributed by atoms with E-state index in [1.165, 1.54) is 11.1 Å². The number of fused-ring (bicyclic) bond motifs is 3. The quantitative estimate of drug-likeness (QED) is 0.566. The minimum Gasteiger partial charge on any atom is -0.481 e. The maximum absolute atomic E-state index is 12.2. The lowest BCUT2D eigenvalue weighted by atomic mass is 9.97. The van der Waals surface area contributed by atoms with Crippen LogP contribution in [0.15, 0.2) is 61.2 Å². The van der Waals surface area contributed by atoms with Gasteiger partial charge in [-0.05, 0) is 35.1 Å². The molecular weight excluding hydrogens is 328 g/mol. The number of carbonyl (C=O) groups is 2. The Labute approximate surface area is 153 Å². The van der Waals surface area contributed by atoms with Crippen molar-refractivity contribution in [1.29, 1.82) is 0 Å². The molecule has 1 aliphatic carbocycles. The minimum absolute atomic E-state index is 0.0113. The molecule has 0 fully saturated rings.